The smallest absolute Gasteiger partial charge is 0.303 e. The lowest BCUT2D eigenvalue weighted by atomic mass is 10.1. The molecule has 6 rings (SSSR count). The quantitative estimate of drug-likeness (QED) is 0.0477. The van der Waals surface area contributed by atoms with E-state index in [-0.39, 0.29) is 61.3 Å². The Morgan fingerprint density at radius 3 is 2.17 bits per heavy atom. The molecule has 0 saturated heterocycles. The first-order valence-corrected chi connectivity index (χ1v) is 19.7. The van der Waals surface area contributed by atoms with Gasteiger partial charge in [-0.15, -0.1) is 0 Å². The van der Waals surface area contributed by atoms with Crippen molar-refractivity contribution in [2.45, 2.75) is 93.4 Å². The Kier molecular flexibility index (Phi) is 16.1. The molecule has 1 unspecified atom stereocenters. The Balaban J connectivity index is 0.000000631. The lowest BCUT2D eigenvalue weighted by molar-refractivity contribution is -0.137. The number of anilines is 2. The van der Waals surface area contributed by atoms with Crippen LogP contribution >= 0.6 is 0 Å². The molecule has 5 aromatic rings. The molecule has 320 valence electrons. The van der Waals surface area contributed by atoms with Gasteiger partial charge in [-0.1, -0.05) is 26.0 Å². The molecule has 0 fully saturated rings. The van der Waals surface area contributed by atoms with Gasteiger partial charge in [0.1, 0.15) is 17.0 Å². The molecule has 0 bridgehead atoms. The van der Waals surface area contributed by atoms with Crippen LogP contribution in [0.25, 0.3) is 22.1 Å². The summed E-state index contributed by atoms with van der Waals surface area (Å²) in [6.07, 6.45) is 5.30. The Labute approximate surface area is 347 Å². The summed E-state index contributed by atoms with van der Waals surface area (Å²) in [5.74, 6) is -2.12. The van der Waals surface area contributed by atoms with Crippen LogP contribution in [0, 0.1) is 6.92 Å². The number of aryl methyl sites for hydroxylation is 2. The third kappa shape index (κ3) is 11.1. The van der Waals surface area contributed by atoms with E-state index in [0.29, 0.717) is 52.5 Å². The number of amides is 4. The average molecular weight is 827 g/mol. The van der Waals surface area contributed by atoms with Crippen LogP contribution in [0.5, 0.6) is 5.75 Å². The van der Waals surface area contributed by atoms with Crippen LogP contribution in [0.15, 0.2) is 53.7 Å². The lowest BCUT2D eigenvalue weighted by Gasteiger charge is -2.16. The fourth-order valence-electron chi connectivity index (χ4n) is 6.56. The van der Waals surface area contributed by atoms with Gasteiger partial charge in [0.25, 0.3) is 5.91 Å². The number of hydrogen-bond acceptors (Lipinski definition) is 11. The number of hydrogen-bond donors (Lipinski definition) is 5. The van der Waals surface area contributed by atoms with E-state index in [9.17, 15) is 24.0 Å². The van der Waals surface area contributed by atoms with Crippen molar-refractivity contribution in [2.75, 3.05) is 23.8 Å². The SMILES string of the molecule is CC.CCN1N=C(C)CC1C.CCn1nc(C)cc1C(=O)Nc1nc2cc(C(N)=O)ccc2n1C/C=C/Cn1c(NC=O)nc2cc(C(N)=O)cc(OCCCC(=O)O)c21. The average Bonchev–Trinajstić information content (AvgIpc) is 3.97. The van der Waals surface area contributed by atoms with Crippen LogP contribution in [-0.2, 0) is 29.2 Å². The summed E-state index contributed by atoms with van der Waals surface area (Å²) in [4.78, 5) is 68.6. The first-order chi connectivity index (χ1) is 28.7. The summed E-state index contributed by atoms with van der Waals surface area (Å²) in [5, 5.41) is 25.2. The molecule has 0 spiro atoms. The van der Waals surface area contributed by atoms with Crippen LogP contribution < -0.4 is 26.8 Å². The third-order valence-corrected chi connectivity index (χ3v) is 9.23. The van der Waals surface area contributed by atoms with Crippen LogP contribution in [0.1, 0.15) is 97.7 Å². The van der Waals surface area contributed by atoms with Crippen molar-refractivity contribution >= 4 is 69.8 Å². The number of allylic oxidation sites excluding steroid dienone is 2. The number of hydrazone groups is 1. The standard InChI is InChI=1S/C32H34N10O7.C7H14N2.C2H6/c1-3-42-24(13-18(2)39-42)30(48)38-32-36-21-14-19(28(33)46)8-9-23(21)40(32)10-4-5-11-41-27-22(37-31(41)35-17-43)15-20(29(34)47)16-25(27)49-12-6-7-26(44)45;1-4-9-7(3)5-6(2)8-9;1-2/h4-5,8-9,13-17H,3,6-7,10-12H2,1-2H3,(H2,33,46)(H2,34,47)(H,44,45)(H,35,37,43)(H,36,38,48);7H,4-5H2,1-3H3;1-2H3/b5-4+;;. The molecular weight excluding hydrogens is 773 g/mol. The maximum Gasteiger partial charge on any atom is 0.303 e. The van der Waals surface area contributed by atoms with Gasteiger partial charge in [-0.05, 0) is 77.4 Å². The van der Waals surface area contributed by atoms with E-state index in [4.69, 9.17) is 21.3 Å². The minimum absolute atomic E-state index is 0.0410. The van der Waals surface area contributed by atoms with Crippen molar-refractivity contribution in [3.63, 3.8) is 0 Å². The molecule has 0 aliphatic carbocycles. The van der Waals surface area contributed by atoms with Crippen molar-refractivity contribution in [1.82, 2.24) is 33.9 Å². The van der Waals surface area contributed by atoms with Gasteiger partial charge < -0.3 is 30.4 Å². The number of primary amides is 2. The molecular formula is C41H54N12O7. The number of aromatic nitrogens is 6. The number of carboxylic acid groups (broad SMARTS) is 1. The van der Waals surface area contributed by atoms with E-state index in [1.54, 1.807) is 57.2 Å². The van der Waals surface area contributed by atoms with Crippen molar-refractivity contribution in [2.24, 2.45) is 16.6 Å². The Morgan fingerprint density at radius 2 is 1.58 bits per heavy atom. The maximum atomic E-state index is 13.3. The minimum atomic E-state index is -0.975. The molecule has 19 heteroatoms. The lowest BCUT2D eigenvalue weighted by Crippen LogP contribution is -2.22. The first kappa shape index (κ1) is 45.6. The zero-order valence-corrected chi connectivity index (χ0v) is 35.1. The Bertz CT molecular complexity index is 2410. The second-order valence-corrected chi connectivity index (χ2v) is 13.5. The van der Waals surface area contributed by atoms with Crippen LogP contribution in [0.3, 0.4) is 0 Å². The largest absolute Gasteiger partial charge is 0.491 e. The summed E-state index contributed by atoms with van der Waals surface area (Å²) in [5.41, 5.74) is 15.5. The summed E-state index contributed by atoms with van der Waals surface area (Å²) < 4.78 is 10.9. The number of carbonyl (C=O) groups is 5. The van der Waals surface area contributed by atoms with Crippen LogP contribution in [0.2, 0.25) is 0 Å². The molecule has 1 aliphatic rings. The van der Waals surface area contributed by atoms with Crippen molar-refractivity contribution in [3.05, 3.63) is 71.1 Å². The van der Waals surface area contributed by atoms with Gasteiger partial charge in [-0.2, -0.15) is 10.2 Å². The van der Waals surface area contributed by atoms with Crippen LogP contribution in [-0.4, -0.2) is 94.0 Å². The van der Waals surface area contributed by atoms with Gasteiger partial charge in [-0.25, -0.2) is 9.97 Å². The number of aliphatic carboxylic acids is 1. The van der Waals surface area contributed by atoms with Gasteiger partial charge >= 0.3 is 5.97 Å². The molecule has 60 heavy (non-hydrogen) atoms. The van der Waals surface area contributed by atoms with E-state index in [1.165, 1.54) is 17.8 Å². The number of rotatable bonds is 17. The monoisotopic (exact) mass is 826 g/mol. The predicted octanol–water partition coefficient (Wildman–Crippen LogP) is 4.93. The molecule has 4 amide bonds. The number of nitrogens with one attached hydrogen (secondary N) is 2. The summed E-state index contributed by atoms with van der Waals surface area (Å²) >= 11 is 0. The number of carbonyl (C=O) groups excluding carboxylic acids is 4. The number of ether oxygens (including phenoxy) is 1. The highest BCUT2D eigenvalue weighted by Gasteiger charge is 2.21. The van der Waals surface area contributed by atoms with E-state index in [0.717, 1.165) is 13.0 Å². The van der Waals surface area contributed by atoms with Gasteiger partial charge in [0, 0.05) is 61.9 Å². The number of benzene rings is 2. The molecule has 1 aliphatic heterocycles. The minimum Gasteiger partial charge on any atom is -0.491 e. The Hall–Kier alpha value is -7.05. The van der Waals surface area contributed by atoms with E-state index in [1.807, 2.05) is 20.8 Å². The number of imidazole rings is 2. The second-order valence-electron chi connectivity index (χ2n) is 13.5. The molecule has 4 heterocycles. The molecule has 1 atom stereocenters. The van der Waals surface area contributed by atoms with Crippen molar-refractivity contribution in [3.8, 4) is 5.75 Å². The topological polar surface area (TPSA) is 260 Å². The van der Waals surface area contributed by atoms with Gasteiger partial charge in [0.2, 0.25) is 30.1 Å². The number of fused-ring (bicyclic) bond motifs is 2. The second kappa shape index (κ2) is 21.1. The Morgan fingerprint density at radius 1 is 0.917 bits per heavy atom. The first-order valence-electron chi connectivity index (χ1n) is 19.7. The van der Waals surface area contributed by atoms with Crippen molar-refractivity contribution < 1.29 is 33.8 Å². The molecule has 19 nitrogen and oxygen atoms in total. The number of nitrogens with two attached hydrogens (primary N) is 2. The highest BCUT2D eigenvalue weighted by Crippen LogP contribution is 2.31. The molecule has 3 aromatic heterocycles. The molecule has 0 saturated carbocycles. The molecule has 0 radical (unpaired) electrons. The highest BCUT2D eigenvalue weighted by atomic mass is 16.5. The van der Waals surface area contributed by atoms with E-state index < -0.39 is 23.7 Å². The van der Waals surface area contributed by atoms with Gasteiger partial charge in [0.15, 0.2) is 0 Å². The van der Waals surface area contributed by atoms with E-state index in [2.05, 4.69) is 56.6 Å². The highest BCUT2D eigenvalue weighted by molar-refractivity contribution is 6.03. The zero-order chi connectivity index (χ0) is 44.1. The number of nitrogens with zero attached hydrogens (tertiary/aromatic N) is 8. The zero-order valence-electron chi connectivity index (χ0n) is 35.1. The normalized spacial score (nSPS) is 13.3. The van der Waals surface area contributed by atoms with E-state index >= 15 is 0 Å². The van der Waals surface area contributed by atoms with Gasteiger partial charge in [0.05, 0.1) is 28.9 Å². The third-order valence-electron chi connectivity index (χ3n) is 9.23. The van der Waals surface area contributed by atoms with Gasteiger partial charge in [-0.3, -0.25) is 44.3 Å². The summed E-state index contributed by atoms with van der Waals surface area (Å²) in [7, 11) is 0. The fourth-order valence-corrected chi connectivity index (χ4v) is 6.56. The molecule has 7 N–H and O–H groups in total. The van der Waals surface area contributed by atoms with Crippen LogP contribution in [0.4, 0.5) is 11.9 Å². The number of carboxylic acids is 1. The molecule has 2 aromatic carbocycles. The summed E-state index contributed by atoms with van der Waals surface area (Å²) in [6, 6.07) is 10.0. The predicted molar refractivity (Wildman–Crippen MR) is 229 cm³/mol. The fraction of sp³-hybridized carbons (Fsp3) is 0.390. The van der Waals surface area contributed by atoms with Crippen molar-refractivity contribution in [1.29, 1.82) is 0 Å². The summed E-state index contributed by atoms with van der Waals surface area (Å²) in [6.45, 7) is 16.1. The maximum absolute atomic E-state index is 13.3.